The Kier molecular flexibility index (Phi) is 2.65. The molecule has 1 fully saturated rings. The summed E-state index contributed by atoms with van der Waals surface area (Å²) < 4.78 is 30.7. The molecule has 1 aliphatic heterocycles. The van der Waals surface area contributed by atoms with Gasteiger partial charge >= 0.3 is 0 Å². The average Bonchev–Trinajstić information content (AvgIpc) is 2.06. The maximum absolute atomic E-state index is 13.0. The summed E-state index contributed by atoms with van der Waals surface area (Å²) in [6.45, 7) is -0.729. The maximum Gasteiger partial charge on any atom is 0.290 e. The summed E-state index contributed by atoms with van der Waals surface area (Å²) >= 11 is 0. The molecule has 3 N–H and O–H groups in total. The zero-order chi connectivity index (χ0) is 9.24. The second kappa shape index (κ2) is 3.24. The number of halogens is 2. The Hall–Kier alpha value is -0.260. The molecular formula is C7H13F2NO2. The number of aliphatic hydroxyl groups is 1. The van der Waals surface area contributed by atoms with Crippen LogP contribution >= 0.6 is 0 Å². The smallest absolute Gasteiger partial charge is 0.290 e. The van der Waals surface area contributed by atoms with Gasteiger partial charge in [-0.15, -0.1) is 0 Å². The molecule has 0 spiro atoms. The zero-order valence-corrected chi connectivity index (χ0v) is 6.72. The van der Waals surface area contributed by atoms with Gasteiger partial charge in [-0.3, -0.25) is 0 Å². The summed E-state index contributed by atoms with van der Waals surface area (Å²) in [5, 5.41) is 9.44. The van der Waals surface area contributed by atoms with Gasteiger partial charge in [-0.05, 0) is 12.8 Å². The molecule has 1 saturated heterocycles. The van der Waals surface area contributed by atoms with Crippen LogP contribution in [0.2, 0.25) is 0 Å². The first-order valence-corrected chi connectivity index (χ1v) is 3.90. The van der Waals surface area contributed by atoms with Crippen LogP contribution in [-0.4, -0.2) is 36.4 Å². The summed E-state index contributed by atoms with van der Waals surface area (Å²) in [7, 11) is 0. The van der Waals surface area contributed by atoms with Gasteiger partial charge in [-0.2, -0.15) is 0 Å². The molecule has 1 unspecified atom stereocenters. The Morgan fingerprint density at radius 2 is 2.25 bits per heavy atom. The highest BCUT2D eigenvalue weighted by Crippen LogP contribution is 2.34. The van der Waals surface area contributed by atoms with Gasteiger partial charge in [0.25, 0.3) is 5.92 Å². The van der Waals surface area contributed by atoms with Gasteiger partial charge in [0.2, 0.25) is 0 Å². The van der Waals surface area contributed by atoms with Crippen molar-refractivity contribution in [3.05, 3.63) is 0 Å². The monoisotopic (exact) mass is 181 g/mol. The minimum atomic E-state index is -3.24. The van der Waals surface area contributed by atoms with E-state index in [4.69, 9.17) is 10.5 Å². The Labute approximate surface area is 69.5 Å². The standard InChI is InChI=1S/C7H13F2NO2/c8-7(9,4-10)6(11)2-1-3-12-5-6/h11H,1-5,10H2. The van der Waals surface area contributed by atoms with E-state index in [1.807, 2.05) is 0 Å². The van der Waals surface area contributed by atoms with Crippen LogP contribution in [0.4, 0.5) is 8.78 Å². The molecule has 0 aromatic carbocycles. The minimum absolute atomic E-state index is 0.0528. The van der Waals surface area contributed by atoms with Gasteiger partial charge in [-0.1, -0.05) is 0 Å². The van der Waals surface area contributed by atoms with E-state index in [0.717, 1.165) is 0 Å². The topological polar surface area (TPSA) is 55.5 Å². The highest BCUT2D eigenvalue weighted by Gasteiger charge is 2.52. The van der Waals surface area contributed by atoms with Crippen molar-refractivity contribution in [2.75, 3.05) is 19.8 Å². The molecule has 5 heteroatoms. The van der Waals surface area contributed by atoms with Gasteiger partial charge in [-0.25, -0.2) is 8.78 Å². The molecule has 1 aliphatic rings. The van der Waals surface area contributed by atoms with Crippen molar-refractivity contribution in [1.29, 1.82) is 0 Å². The summed E-state index contributed by atoms with van der Waals surface area (Å²) in [6.07, 6.45) is 0.503. The van der Waals surface area contributed by atoms with E-state index in [9.17, 15) is 13.9 Å². The van der Waals surface area contributed by atoms with E-state index in [2.05, 4.69) is 0 Å². The van der Waals surface area contributed by atoms with Gasteiger partial charge in [0.05, 0.1) is 13.2 Å². The lowest BCUT2D eigenvalue weighted by atomic mass is 9.89. The second-order valence-corrected chi connectivity index (χ2v) is 3.10. The lowest BCUT2D eigenvalue weighted by Gasteiger charge is -2.37. The maximum atomic E-state index is 13.0. The van der Waals surface area contributed by atoms with Crippen molar-refractivity contribution in [2.24, 2.45) is 5.73 Å². The SMILES string of the molecule is NCC(F)(F)C1(O)CCCOC1. The van der Waals surface area contributed by atoms with Crippen molar-refractivity contribution in [2.45, 2.75) is 24.4 Å². The van der Waals surface area contributed by atoms with Gasteiger partial charge in [0, 0.05) is 6.61 Å². The van der Waals surface area contributed by atoms with E-state index in [-0.39, 0.29) is 13.0 Å². The van der Waals surface area contributed by atoms with E-state index < -0.39 is 18.1 Å². The molecule has 0 bridgehead atoms. The van der Waals surface area contributed by atoms with E-state index in [1.165, 1.54) is 0 Å². The van der Waals surface area contributed by atoms with Crippen LogP contribution < -0.4 is 5.73 Å². The van der Waals surface area contributed by atoms with Crippen LogP contribution in [0.5, 0.6) is 0 Å². The summed E-state index contributed by atoms with van der Waals surface area (Å²) in [6, 6.07) is 0. The number of alkyl halides is 2. The Bertz CT molecular complexity index is 157. The third kappa shape index (κ3) is 1.57. The average molecular weight is 181 g/mol. The summed E-state index contributed by atoms with van der Waals surface area (Å²) in [4.78, 5) is 0. The molecule has 0 aromatic heterocycles. The summed E-state index contributed by atoms with van der Waals surface area (Å²) in [5.74, 6) is -3.24. The van der Waals surface area contributed by atoms with Crippen molar-refractivity contribution in [3.8, 4) is 0 Å². The molecule has 0 saturated carbocycles. The molecule has 1 heterocycles. The molecule has 0 radical (unpaired) electrons. The number of ether oxygens (including phenoxy) is 1. The number of nitrogens with two attached hydrogens (primary N) is 1. The minimum Gasteiger partial charge on any atom is -0.381 e. The molecule has 72 valence electrons. The first kappa shape index (κ1) is 9.83. The first-order valence-electron chi connectivity index (χ1n) is 3.90. The lowest BCUT2D eigenvalue weighted by Crippen LogP contribution is -2.57. The van der Waals surface area contributed by atoms with Crippen LogP contribution in [0.3, 0.4) is 0 Å². The largest absolute Gasteiger partial charge is 0.381 e. The fourth-order valence-electron chi connectivity index (χ4n) is 1.26. The zero-order valence-electron chi connectivity index (χ0n) is 6.72. The molecule has 0 aliphatic carbocycles. The van der Waals surface area contributed by atoms with Crippen molar-refractivity contribution in [1.82, 2.24) is 0 Å². The second-order valence-electron chi connectivity index (χ2n) is 3.10. The normalized spacial score (nSPS) is 32.0. The Morgan fingerprint density at radius 1 is 1.58 bits per heavy atom. The van der Waals surface area contributed by atoms with Crippen LogP contribution in [0.25, 0.3) is 0 Å². The van der Waals surface area contributed by atoms with Gasteiger partial charge in [0.15, 0.2) is 5.60 Å². The Morgan fingerprint density at radius 3 is 2.67 bits per heavy atom. The molecule has 3 nitrogen and oxygen atoms in total. The molecule has 12 heavy (non-hydrogen) atoms. The van der Waals surface area contributed by atoms with Crippen LogP contribution in [0, 0.1) is 0 Å². The van der Waals surface area contributed by atoms with E-state index >= 15 is 0 Å². The predicted octanol–water partition coefficient (Wildman–Crippen LogP) is 0.122. The lowest BCUT2D eigenvalue weighted by molar-refractivity contribution is -0.219. The van der Waals surface area contributed by atoms with E-state index in [1.54, 1.807) is 0 Å². The van der Waals surface area contributed by atoms with Crippen LogP contribution in [-0.2, 0) is 4.74 Å². The highest BCUT2D eigenvalue weighted by molar-refractivity contribution is 4.95. The molecule has 1 rings (SSSR count). The molecule has 0 aromatic rings. The van der Waals surface area contributed by atoms with E-state index in [0.29, 0.717) is 13.0 Å². The molecule has 0 amide bonds. The summed E-state index contributed by atoms with van der Waals surface area (Å²) in [5.41, 5.74) is 2.80. The predicted molar refractivity (Wildman–Crippen MR) is 39.0 cm³/mol. The quantitative estimate of drug-likeness (QED) is 0.636. The van der Waals surface area contributed by atoms with Crippen LogP contribution in [0.15, 0.2) is 0 Å². The highest BCUT2D eigenvalue weighted by atomic mass is 19.3. The van der Waals surface area contributed by atoms with Crippen molar-refractivity contribution >= 4 is 0 Å². The first-order chi connectivity index (χ1) is 5.52. The third-order valence-corrected chi connectivity index (χ3v) is 2.16. The third-order valence-electron chi connectivity index (χ3n) is 2.16. The van der Waals surface area contributed by atoms with Crippen molar-refractivity contribution in [3.63, 3.8) is 0 Å². The number of hydrogen-bond donors (Lipinski definition) is 2. The fraction of sp³-hybridized carbons (Fsp3) is 1.00. The number of rotatable bonds is 2. The molecule has 1 atom stereocenters. The Balaban J connectivity index is 2.68. The molecular weight excluding hydrogens is 168 g/mol. The van der Waals surface area contributed by atoms with Gasteiger partial charge in [0.1, 0.15) is 0 Å². The van der Waals surface area contributed by atoms with Gasteiger partial charge < -0.3 is 15.6 Å². The van der Waals surface area contributed by atoms with Crippen molar-refractivity contribution < 1.29 is 18.6 Å². The fourth-order valence-corrected chi connectivity index (χ4v) is 1.26. The van der Waals surface area contributed by atoms with Crippen LogP contribution in [0.1, 0.15) is 12.8 Å². The number of hydrogen-bond acceptors (Lipinski definition) is 3.